The Morgan fingerprint density at radius 1 is 1.33 bits per heavy atom. The van der Waals surface area contributed by atoms with Gasteiger partial charge in [-0.05, 0) is 23.4 Å². The number of benzene rings is 1. The predicted octanol–water partition coefficient (Wildman–Crippen LogP) is 2.41. The first-order valence-corrected chi connectivity index (χ1v) is 6.65. The van der Waals surface area contributed by atoms with Crippen molar-refractivity contribution in [1.82, 2.24) is 5.32 Å². The summed E-state index contributed by atoms with van der Waals surface area (Å²) in [5.41, 5.74) is 1.08. The normalized spacial score (nSPS) is 11.1. The van der Waals surface area contributed by atoms with Gasteiger partial charge in [-0.25, -0.2) is 0 Å². The molecule has 0 spiro atoms. The number of methoxy groups -OCH3 is 1. The van der Waals surface area contributed by atoms with Crippen molar-refractivity contribution in [2.24, 2.45) is 0 Å². The van der Waals surface area contributed by atoms with Crippen LogP contribution < -0.4 is 10.1 Å². The fraction of sp³-hybridized carbons (Fsp3) is 0.500. The zero-order valence-electron chi connectivity index (χ0n) is 11.2. The molecule has 4 heteroatoms. The zero-order chi connectivity index (χ0) is 13.6. The molecule has 18 heavy (non-hydrogen) atoms. The highest BCUT2D eigenvalue weighted by Gasteiger charge is 2.21. The van der Waals surface area contributed by atoms with Crippen LogP contribution in [0.25, 0.3) is 0 Å². The van der Waals surface area contributed by atoms with Crippen molar-refractivity contribution in [3.63, 3.8) is 0 Å². The molecule has 0 atom stereocenters. The van der Waals surface area contributed by atoms with E-state index in [4.69, 9.17) is 4.74 Å². The minimum atomic E-state index is -0.0987. The molecule has 0 saturated carbocycles. The number of carbonyl (C=O) groups is 1. The maximum Gasteiger partial charge on any atom is 0.220 e. The van der Waals surface area contributed by atoms with Crippen LogP contribution in [0.2, 0.25) is 0 Å². The van der Waals surface area contributed by atoms with Crippen LogP contribution in [0.3, 0.4) is 0 Å². The number of nitrogens with one attached hydrogen (secondary N) is 1. The zero-order valence-corrected chi connectivity index (χ0v) is 12.1. The Hall–Kier alpha value is -1.16. The van der Waals surface area contributed by atoms with Gasteiger partial charge in [-0.2, -0.15) is 12.6 Å². The molecule has 0 bridgehead atoms. The highest BCUT2D eigenvalue weighted by Crippen LogP contribution is 2.24. The number of hydrogen-bond donors (Lipinski definition) is 2. The molecule has 1 aromatic rings. The van der Waals surface area contributed by atoms with E-state index in [9.17, 15) is 4.79 Å². The summed E-state index contributed by atoms with van der Waals surface area (Å²) in [4.78, 5) is 11.4. The summed E-state index contributed by atoms with van der Waals surface area (Å²) in [6.45, 7) is 4.83. The fourth-order valence-corrected chi connectivity index (χ4v) is 1.86. The Morgan fingerprint density at radius 3 is 2.44 bits per heavy atom. The molecule has 1 amide bonds. The van der Waals surface area contributed by atoms with Crippen molar-refractivity contribution in [2.45, 2.75) is 25.7 Å². The van der Waals surface area contributed by atoms with Gasteiger partial charge in [-0.15, -0.1) is 0 Å². The molecule has 0 aliphatic rings. The standard InChI is InChI=1S/C14H21NO2S/c1-14(2,10-15-13(16)8-9-18)11-4-6-12(17-3)7-5-11/h4-7,18H,8-10H2,1-3H3,(H,15,16). The van der Waals surface area contributed by atoms with Gasteiger partial charge >= 0.3 is 0 Å². The minimum absolute atomic E-state index is 0.0478. The Kier molecular flexibility index (Phi) is 5.54. The van der Waals surface area contributed by atoms with Crippen molar-refractivity contribution < 1.29 is 9.53 Å². The van der Waals surface area contributed by atoms with E-state index in [0.29, 0.717) is 18.7 Å². The summed E-state index contributed by atoms with van der Waals surface area (Å²) in [6, 6.07) is 7.94. The highest BCUT2D eigenvalue weighted by atomic mass is 32.1. The van der Waals surface area contributed by atoms with E-state index in [1.54, 1.807) is 7.11 Å². The van der Waals surface area contributed by atoms with Gasteiger partial charge in [0.15, 0.2) is 0 Å². The van der Waals surface area contributed by atoms with Crippen LogP contribution in [0.5, 0.6) is 5.75 Å². The first kappa shape index (κ1) is 14.9. The second-order valence-electron chi connectivity index (χ2n) is 4.86. The number of rotatable bonds is 6. The van der Waals surface area contributed by atoms with Crippen molar-refractivity contribution in [3.8, 4) is 5.75 Å². The summed E-state index contributed by atoms with van der Waals surface area (Å²) in [7, 11) is 1.65. The molecule has 0 unspecified atom stereocenters. The van der Waals surface area contributed by atoms with Gasteiger partial charge in [0.2, 0.25) is 5.91 Å². The van der Waals surface area contributed by atoms with E-state index >= 15 is 0 Å². The third kappa shape index (κ3) is 4.26. The second-order valence-corrected chi connectivity index (χ2v) is 5.31. The van der Waals surface area contributed by atoms with E-state index in [2.05, 4.69) is 31.8 Å². The third-order valence-corrected chi connectivity index (χ3v) is 3.16. The number of ether oxygens (including phenoxy) is 1. The molecule has 1 aromatic carbocycles. The van der Waals surface area contributed by atoms with E-state index in [-0.39, 0.29) is 11.3 Å². The summed E-state index contributed by atoms with van der Waals surface area (Å²) in [5.74, 6) is 1.47. The predicted molar refractivity (Wildman–Crippen MR) is 77.5 cm³/mol. The van der Waals surface area contributed by atoms with Gasteiger partial charge < -0.3 is 10.1 Å². The highest BCUT2D eigenvalue weighted by molar-refractivity contribution is 7.80. The molecule has 0 aliphatic heterocycles. The summed E-state index contributed by atoms with van der Waals surface area (Å²) < 4.78 is 5.13. The fourth-order valence-electron chi connectivity index (χ4n) is 1.65. The number of thiol groups is 1. The maximum atomic E-state index is 11.4. The SMILES string of the molecule is COc1ccc(C(C)(C)CNC(=O)CCS)cc1. The van der Waals surface area contributed by atoms with Crippen LogP contribution in [0.1, 0.15) is 25.8 Å². The van der Waals surface area contributed by atoms with Gasteiger partial charge in [0.1, 0.15) is 5.75 Å². The molecule has 0 radical (unpaired) electrons. The summed E-state index contributed by atoms with van der Waals surface area (Å²) in [5, 5.41) is 2.93. The first-order chi connectivity index (χ1) is 8.49. The topological polar surface area (TPSA) is 38.3 Å². The molecule has 0 fully saturated rings. The molecule has 1 rings (SSSR count). The van der Waals surface area contributed by atoms with Crippen molar-refractivity contribution >= 4 is 18.5 Å². The molecule has 0 heterocycles. The van der Waals surface area contributed by atoms with Crippen molar-refractivity contribution in [2.75, 3.05) is 19.4 Å². The van der Waals surface area contributed by atoms with E-state index < -0.39 is 0 Å². The smallest absolute Gasteiger partial charge is 0.220 e. The Morgan fingerprint density at radius 2 is 1.94 bits per heavy atom. The lowest BCUT2D eigenvalue weighted by Gasteiger charge is -2.25. The van der Waals surface area contributed by atoms with Crippen LogP contribution in [0.4, 0.5) is 0 Å². The lowest BCUT2D eigenvalue weighted by molar-refractivity contribution is -0.120. The maximum absolute atomic E-state index is 11.4. The monoisotopic (exact) mass is 267 g/mol. The molecular weight excluding hydrogens is 246 g/mol. The van der Waals surface area contributed by atoms with Gasteiger partial charge in [0.05, 0.1) is 7.11 Å². The number of amides is 1. The summed E-state index contributed by atoms with van der Waals surface area (Å²) in [6.07, 6.45) is 0.460. The van der Waals surface area contributed by atoms with E-state index in [1.807, 2.05) is 24.3 Å². The molecule has 1 N–H and O–H groups in total. The van der Waals surface area contributed by atoms with Gasteiger partial charge in [0.25, 0.3) is 0 Å². The Bertz CT molecular complexity index is 387. The molecular formula is C14H21NO2S. The lowest BCUT2D eigenvalue weighted by atomic mass is 9.84. The average Bonchev–Trinajstić information content (AvgIpc) is 2.37. The summed E-state index contributed by atoms with van der Waals surface area (Å²) >= 11 is 4.04. The third-order valence-electron chi connectivity index (χ3n) is 2.94. The second kappa shape index (κ2) is 6.69. The minimum Gasteiger partial charge on any atom is -0.497 e. The van der Waals surface area contributed by atoms with Gasteiger partial charge in [-0.3, -0.25) is 4.79 Å². The van der Waals surface area contributed by atoms with Gasteiger partial charge in [-0.1, -0.05) is 26.0 Å². The Balaban J connectivity index is 2.63. The molecule has 0 aromatic heterocycles. The van der Waals surface area contributed by atoms with Crippen LogP contribution in [-0.4, -0.2) is 25.3 Å². The van der Waals surface area contributed by atoms with E-state index in [0.717, 1.165) is 5.75 Å². The quantitative estimate of drug-likeness (QED) is 0.777. The molecule has 0 aliphatic carbocycles. The van der Waals surface area contributed by atoms with Gasteiger partial charge in [0, 0.05) is 18.4 Å². The van der Waals surface area contributed by atoms with Crippen LogP contribution >= 0.6 is 12.6 Å². The van der Waals surface area contributed by atoms with Crippen LogP contribution in [-0.2, 0) is 10.2 Å². The van der Waals surface area contributed by atoms with E-state index in [1.165, 1.54) is 5.56 Å². The molecule has 100 valence electrons. The number of carbonyl (C=O) groups excluding carboxylic acids is 1. The Labute approximate surface area is 114 Å². The largest absolute Gasteiger partial charge is 0.497 e. The average molecular weight is 267 g/mol. The molecule has 0 saturated heterocycles. The first-order valence-electron chi connectivity index (χ1n) is 6.01. The molecule has 3 nitrogen and oxygen atoms in total. The van der Waals surface area contributed by atoms with Crippen molar-refractivity contribution in [1.29, 1.82) is 0 Å². The van der Waals surface area contributed by atoms with Crippen molar-refractivity contribution in [3.05, 3.63) is 29.8 Å². The van der Waals surface area contributed by atoms with Crippen LogP contribution in [0, 0.1) is 0 Å². The van der Waals surface area contributed by atoms with Crippen LogP contribution in [0.15, 0.2) is 24.3 Å². The number of hydrogen-bond acceptors (Lipinski definition) is 3. The lowest BCUT2D eigenvalue weighted by Crippen LogP contribution is -2.36.